The third-order valence-electron chi connectivity index (χ3n) is 2.76. The molecule has 2 aromatic heterocycles. The second-order valence-electron chi connectivity index (χ2n) is 5.04. The van der Waals surface area contributed by atoms with E-state index in [-0.39, 0.29) is 5.91 Å². The predicted octanol–water partition coefficient (Wildman–Crippen LogP) is 2.80. The fraction of sp³-hybridized carbons (Fsp3) is 0.429. The minimum absolute atomic E-state index is 0.113. The van der Waals surface area contributed by atoms with Crippen molar-refractivity contribution < 1.29 is 4.79 Å². The van der Waals surface area contributed by atoms with Crippen molar-refractivity contribution in [3.8, 4) is 0 Å². The van der Waals surface area contributed by atoms with Gasteiger partial charge in [0.15, 0.2) is 0 Å². The number of carbonyl (C=O) groups is 1. The normalized spacial score (nSPS) is 11.2. The number of rotatable bonds is 5. The molecule has 2 rings (SSSR count). The zero-order valence-corrected chi connectivity index (χ0v) is 12.8. The van der Waals surface area contributed by atoms with Gasteiger partial charge in [0.1, 0.15) is 5.65 Å². The van der Waals surface area contributed by atoms with Crippen molar-refractivity contribution in [2.24, 2.45) is 5.92 Å². The number of imidazole rings is 1. The first kappa shape index (κ1) is 14.1. The van der Waals surface area contributed by atoms with Crippen molar-refractivity contribution in [1.82, 2.24) is 14.7 Å². The van der Waals surface area contributed by atoms with Gasteiger partial charge in [-0.3, -0.25) is 4.79 Å². The molecular formula is C14H18BrN3O. The number of aromatic nitrogens is 2. The number of nitrogens with one attached hydrogen (secondary N) is 1. The molecule has 0 bridgehead atoms. The van der Waals surface area contributed by atoms with Gasteiger partial charge in [0.05, 0.1) is 5.69 Å². The Morgan fingerprint density at radius 2 is 2.21 bits per heavy atom. The van der Waals surface area contributed by atoms with E-state index in [0.717, 1.165) is 22.2 Å². The van der Waals surface area contributed by atoms with Crippen LogP contribution in [0.3, 0.4) is 0 Å². The van der Waals surface area contributed by atoms with Crippen LogP contribution in [0.15, 0.2) is 29.0 Å². The lowest BCUT2D eigenvalue weighted by atomic mass is 10.1. The molecule has 19 heavy (non-hydrogen) atoms. The van der Waals surface area contributed by atoms with Crippen LogP contribution in [-0.4, -0.2) is 21.8 Å². The summed E-state index contributed by atoms with van der Waals surface area (Å²) < 4.78 is 3.00. The minimum atomic E-state index is 0.113. The van der Waals surface area contributed by atoms with Crippen molar-refractivity contribution in [2.75, 3.05) is 6.54 Å². The maximum Gasteiger partial charge on any atom is 0.220 e. The molecule has 0 radical (unpaired) electrons. The van der Waals surface area contributed by atoms with E-state index >= 15 is 0 Å². The molecule has 0 fully saturated rings. The third kappa shape index (κ3) is 4.06. The molecule has 0 spiro atoms. The molecule has 1 amide bonds. The molecule has 2 aromatic rings. The third-order valence-corrected chi connectivity index (χ3v) is 3.23. The maximum absolute atomic E-state index is 11.5. The molecule has 0 aliphatic heterocycles. The second-order valence-corrected chi connectivity index (χ2v) is 5.96. The van der Waals surface area contributed by atoms with Gasteiger partial charge in [-0.25, -0.2) is 4.98 Å². The van der Waals surface area contributed by atoms with E-state index in [9.17, 15) is 4.79 Å². The molecule has 0 unspecified atom stereocenters. The van der Waals surface area contributed by atoms with E-state index in [4.69, 9.17) is 0 Å². The summed E-state index contributed by atoms with van der Waals surface area (Å²) in [5.41, 5.74) is 1.91. The van der Waals surface area contributed by atoms with Gasteiger partial charge < -0.3 is 9.72 Å². The van der Waals surface area contributed by atoms with E-state index in [1.54, 1.807) is 0 Å². The molecular weight excluding hydrogens is 306 g/mol. The SMILES string of the molecule is CC(C)CC(=O)NCCc1cn2cc(Br)ccc2n1. The van der Waals surface area contributed by atoms with Crippen molar-refractivity contribution >= 4 is 27.5 Å². The zero-order valence-electron chi connectivity index (χ0n) is 11.2. The Kier molecular flexibility index (Phi) is 4.58. The Morgan fingerprint density at radius 3 is 2.95 bits per heavy atom. The molecule has 5 heteroatoms. The van der Waals surface area contributed by atoms with Crippen molar-refractivity contribution in [3.05, 3.63) is 34.7 Å². The Bertz CT molecular complexity index is 577. The van der Waals surface area contributed by atoms with Crippen LogP contribution in [0.4, 0.5) is 0 Å². The highest BCUT2D eigenvalue weighted by Gasteiger charge is 2.05. The summed E-state index contributed by atoms with van der Waals surface area (Å²) in [6.07, 6.45) is 5.30. The van der Waals surface area contributed by atoms with Crippen LogP contribution < -0.4 is 5.32 Å². The standard InChI is InChI=1S/C14H18BrN3O/c1-10(2)7-14(19)16-6-5-12-9-18-8-11(15)3-4-13(18)17-12/h3-4,8-10H,5-7H2,1-2H3,(H,16,19). The topological polar surface area (TPSA) is 46.4 Å². The summed E-state index contributed by atoms with van der Waals surface area (Å²) in [5, 5.41) is 2.92. The zero-order chi connectivity index (χ0) is 13.8. The van der Waals surface area contributed by atoms with Gasteiger partial charge in [-0.05, 0) is 34.0 Å². The van der Waals surface area contributed by atoms with Crippen LogP contribution in [-0.2, 0) is 11.2 Å². The second kappa shape index (κ2) is 6.19. The van der Waals surface area contributed by atoms with Crippen LogP contribution in [0.5, 0.6) is 0 Å². The van der Waals surface area contributed by atoms with Crippen LogP contribution in [0.25, 0.3) is 5.65 Å². The number of amides is 1. The van der Waals surface area contributed by atoms with Gasteiger partial charge in [-0.15, -0.1) is 0 Å². The lowest BCUT2D eigenvalue weighted by Crippen LogP contribution is -2.26. The first-order valence-electron chi connectivity index (χ1n) is 6.44. The summed E-state index contributed by atoms with van der Waals surface area (Å²) in [7, 11) is 0. The Balaban J connectivity index is 1.89. The number of fused-ring (bicyclic) bond motifs is 1. The van der Waals surface area contributed by atoms with Crippen molar-refractivity contribution in [3.63, 3.8) is 0 Å². The highest BCUT2D eigenvalue weighted by atomic mass is 79.9. The smallest absolute Gasteiger partial charge is 0.220 e. The van der Waals surface area contributed by atoms with Crippen molar-refractivity contribution in [1.29, 1.82) is 0 Å². The Labute approximate surface area is 121 Å². The lowest BCUT2D eigenvalue weighted by Gasteiger charge is -2.05. The minimum Gasteiger partial charge on any atom is -0.356 e. The number of carbonyl (C=O) groups excluding carboxylic acids is 1. The van der Waals surface area contributed by atoms with Crippen LogP contribution >= 0.6 is 15.9 Å². The summed E-state index contributed by atoms with van der Waals surface area (Å²) in [5.74, 6) is 0.508. The summed E-state index contributed by atoms with van der Waals surface area (Å²) in [6, 6.07) is 3.93. The Morgan fingerprint density at radius 1 is 1.42 bits per heavy atom. The molecule has 0 saturated heterocycles. The molecule has 102 valence electrons. The average Bonchev–Trinajstić information content (AvgIpc) is 2.69. The van der Waals surface area contributed by atoms with Crippen LogP contribution in [0.2, 0.25) is 0 Å². The molecule has 1 N–H and O–H groups in total. The average molecular weight is 324 g/mol. The van der Waals surface area contributed by atoms with Gasteiger partial charge in [-0.1, -0.05) is 13.8 Å². The molecule has 0 atom stereocenters. The first-order chi connectivity index (χ1) is 9.04. The van der Waals surface area contributed by atoms with Crippen molar-refractivity contribution in [2.45, 2.75) is 26.7 Å². The van der Waals surface area contributed by atoms with E-state index in [1.807, 2.05) is 42.8 Å². The fourth-order valence-corrected chi connectivity index (χ4v) is 2.26. The van der Waals surface area contributed by atoms with Gasteiger partial charge in [0.25, 0.3) is 0 Å². The molecule has 0 aromatic carbocycles. The first-order valence-corrected chi connectivity index (χ1v) is 7.23. The van der Waals surface area contributed by atoms with Gasteiger partial charge in [0, 0.05) is 36.3 Å². The fourth-order valence-electron chi connectivity index (χ4n) is 1.91. The molecule has 4 nitrogen and oxygen atoms in total. The molecule has 0 saturated carbocycles. The van der Waals surface area contributed by atoms with E-state index in [1.165, 1.54) is 0 Å². The maximum atomic E-state index is 11.5. The molecule has 0 aliphatic carbocycles. The number of halogens is 1. The number of hydrogen-bond donors (Lipinski definition) is 1. The van der Waals surface area contributed by atoms with Gasteiger partial charge >= 0.3 is 0 Å². The van der Waals surface area contributed by atoms with Crippen LogP contribution in [0.1, 0.15) is 26.0 Å². The molecule has 2 heterocycles. The highest BCUT2D eigenvalue weighted by molar-refractivity contribution is 9.10. The van der Waals surface area contributed by atoms with Gasteiger partial charge in [0.2, 0.25) is 5.91 Å². The Hall–Kier alpha value is -1.36. The highest BCUT2D eigenvalue weighted by Crippen LogP contribution is 2.12. The van der Waals surface area contributed by atoms with E-state index in [0.29, 0.717) is 18.9 Å². The van der Waals surface area contributed by atoms with E-state index < -0.39 is 0 Å². The summed E-state index contributed by atoms with van der Waals surface area (Å²) in [4.78, 5) is 16.0. The quantitative estimate of drug-likeness (QED) is 0.919. The predicted molar refractivity (Wildman–Crippen MR) is 79.1 cm³/mol. The molecule has 0 aliphatic rings. The van der Waals surface area contributed by atoms with Gasteiger partial charge in [-0.2, -0.15) is 0 Å². The lowest BCUT2D eigenvalue weighted by molar-refractivity contribution is -0.121. The number of pyridine rings is 1. The largest absolute Gasteiger partial charge is 0.356 e. The number of nitrogens with zero attached hydrogens (tertiary/aromatic N) is 2. The number of hydrogen-bond acceptors (Lipinski definition) is 2. The summed E-state index contributed by atoms with van der Waals surface area (Å²) >= 11 is 3.43. The van der Waals surface area contributed by atoms with Crippen LogP contribution in [0, 0.1) is 5.92 Å². The monoisotopic (exact) mass is 323 g/mol. The van der Waals surface area contributed by atoms with E-state index in [2.05, 4.69) is 26.2 Å². The summed E-state index contributed by atoms with van der Waals surface area (Å²) in [6.45, 7) is 4.72.